The number of hydrogen-bond acceptors (Lipinski definition) is 5. The van der Waals surface area contributed by atoms with Crippen LogP contribution in [0.4, 0.5) is 5.82 Å². The van der Waals surface area contributed by atoms with Crippen molar-refractivity contribution in [3.63, 3.8) is 0 Å². The molecule has 2 saturated heterocycles. The molecule has 4 rings (SSSR count). The molecular weight excluding hydrogens is 366 g/mol. The van der Waals surface area contributed by atoms with Gasteiger partial charge in [-0.2, -0.15) is 0 Å². The van der Waals surface area contributed by atoms with Crippen molar-refractivity contribution in [2.75, 3.05) is 44.2 Å². The summed E-state index contributed by atoms with van der Waals surface area (Å²) < 4.78 is 0. The number of likely N-dealkylation sites (tertiary alicyclic amines) is 1. The average molecular weight is 393 g/mol. The van der Waals surface area contributed by atoms with Crippen LogP contribution >= 0.6 is 0 Å². The summed E-state index contributed by atoms with van der Waals surface area (Å²) in [4.78, 5) is 29.4. The molecule has 2 fully saturated rings. The minimum Gasteiger partial charge on any atom is -0.352 e. The molecule has 0 bridgehead atoms. The van der Waals surface area contributed by atoms with Gasteiger partial charge in [-0.25, -0.2) is 0 Å². The molecule has 2 aromatic rings. The van der Waals surface area contributed by atoms with Gasteiger partial charge in [-0.05, 0) is 42.9 Å². The smallest absolute Gasteiger partial charge is 0.274 e. The van der Waals surface area contributed by atoms with Crippen LogP contribution in [0.15, 0.2) is 42.5 Å². The van der Waals surface area contributed by atoms with Gasteiger partial charge in [0, 0.05) is 39.3 Å². The summed E-state index contributed by atoms with van der Waals surface area (Å²) in [5.74, 6) is 1.35. The quantitative estimate of drug-likeness (QED) is 0.725. The highest BCUT2D eigenvalue weighted by molar-refractivity contribution is 5.92. The lowest BCUT2D eigenvalue weighted by atomic mass is 9.90. The second-order valence-corrected chi connectivity index (χ2v) is 7.83. The van der Waals surface area contributed by atoms with Gasteiger partial charge in [0.1, 0.15) is 0 Å². The predicted octanol–water partition coefficient (Wildman–Crippen LogP) is 1.85. The molecule has 7 nitrogen and oxygen atoms in total. The van der Waals surface area contributed by atoms with Gasteiger partial charge < -0.3 is 14.7 Å². The van der Waals surface area contributed by atoms with E-state index in [1.165, 1.54) is 5.56 Å². The molecule has 0 N–H and O–H groups in total. The number of amides is 2. The zero-order valence-corrected chi connectivity index (χ0v) is 16.6. The number of piperidine rings is 1. The van der Waals surface area contributed by atoms with Crippen LogP contribution in [0.3, 0.4) is 0 Å². The van der Waals surface area contributed by atoms with E-state index in [1.807, 2.05) is 17.0 Å². The monoisotopic (exact) mass is 393 g/mol. The van der Waals surface area contributed by atoms with Crippen LogP contribution in [-0.2, 0) is 11.2 Å². The lowest BCUT2D eigenvalue weighted by Crippen LogP contribution is -2.46. The van der Waals surface area contributed by atoms with E-state index in [4.69, 9.17) is 0 Å². The van der Waals surface area contributed by atoms with Crippen molar-refractivity contribution in [1.82, 2.24) is 20.0 Å². The molecule has 0 spiro atoms. The Balaban J connectivity index is 1.29. The summed E-state index contributed by atoms with van der Waals surface area (Å²) in [5, 5.41) is 8.45. The van der Waals surface area contributed by atoms with Crippen LogP contribution in [0.5, 0.6) is 0 Å². The fourth-order valence-corrected chi connectivity index (χ4v) is 4.11. The molecule has 0 saturated carbocycles. The van der Waals surface area contributed by atoms with E-state index in [2.05, 4.69) is 39.4 Å². The van der Waals surface area contributed by atoms with Crippen molar-refractivity contribution < 1.29 is 9.59 Å². The van der Waals surface area contributed by atoms with Crippen molar-refractivity contribution >= 4 is 18.1 Å². The second kappa shape index (κ2) is 9.03. The molecule has 7 heteroatoms. The van der Waals surface area contributed by atoms with Crippen molar-refractivity contribution in [1.29, 1.82) is 0 Å². The number of carbonyl (C=O) groups excluding carboxylic acids is 2. The topological polar surface area (TPSA) is 69.6 Å². The van der Waals surface area contributed by atoms with Gasteiger partial charge in [0.25, 0.3) is 5.91 Å². The number of benzene rings is 1. The molecule has 1 aromatic carbocycles. The molecule has 0 radical (unpaired) electrons. The summed E-state index contributed by atoms with van der Waals surface area (Å²) in [7, 11) is 0. The van der Waals surface area contributed by atoms with Gasteiger partial charge in [0.05, 0.1) is 0 Å². The Morgan fingerprint density at radius 1 is 0.931 bits per heavy atom. The highest BCUT2D eigenvalue weighted by Gasteiger charge is 2.25. The molecule has 2 aliphatic rings. The van der Waals surface area contributed by atoms with E-state index in [0.717, 1.165) is 57.7 Å². The van der Waals surface area contributed by atoms with Gasteiger partial charge in [-0.3, -0.25) is 9.59 Å². The van der Waals surface area contributed by atoms with Crippen LogP contribution in [0.25, 0.3) is 0 Å². The molecule has 29 heavy (non-hydrogen) atoms. The predicted molar refractivity (Wildman–Crippen MR) is 111 cm³/mol. The minimum atomic E-state index is -0.0343. The van der Waals surface area contributed by atoms with Gasteiger partial charge in [0.2, 0.25) is 6.41 Å². The summed E-state index contributed by atoms with van der Waals surface area (Å²) in [5.41, 5.74) is 1.77. The summed E-state index contributed by atoms with van der Waals surface area (Å²) in [6.07, 6.45) is 4.00. The number of nitrogens with zero attached hydrogens (tertiary/aromatic N) is 5. The number of anilines is 1. The molecule has 0 aliphatic carbocycles. The van der Waals surface area contributed by atoms with Gasteiger partial charge >= 0.3 is 0 Å². The van der Waals surface area contributed by atoms with E-state index in [-0.39, 0.29) is 5.91 Å². The Hall–Kier alpha value is -2.96. The Bertz CT molecular complexity index is 811. The van der Waals surface area contributed by atoms with Crippen molar-refractivity contribution in [2.45, 2.75) is 19.3 Å². The molecule has 152 valence electrons. The van der Waals surface area contributed by atoms with Gasteiger partial charge in [0.15, 0.2) is 11.5 Å². The lowest BCUT2D eigenvalue weighted by Gasteiger charge is -2.33. The van der Waals surface area contributed by atoms with Crippen LogP contribution in [0.2, 0.25) is 0 Å². The SMILES string of the molecule is O=CN1CCN(c2ccc(C(=O)N3CCC(Cc4ccccc4)CC3)nn2)CC1. The highest BCUT2D eigenvalue weighted by Crippen LogP contribution is 2.23. The van der Waals surface area contributed by atoms with Crippen molar-refractivity contribution in [3.05, 3.63) is 53.7 Å². The third-order valence-corrected chi connectivity index (χ3v) is 5.93. The summed E-state index contributed by atoms with van der Waals surface area (Å²) >= 11 is 0. The maximum absolute atomic E-state index is 12.8. The van der Waals surface area contributed by atoms with Crippen molar-refractivity contribution in [2.24, 2.45) is 5.92 Å². The molecule has 0 unspecified atom stereocenters. The zero-order valence-electron chi connectivity index (χ0n) is 16.6. The first-order chi connectivity index (χ1) is 14.2. The molecule has 0 atom stereocenters. The number of hydrogen-bond donors (Lipinski definition) is 0. The first-order valence-corrected chi connectivity index (χ1v) is 10.3. The standard InChI is InChI=1S/C22H27N5O2/c28-17-25-12-14-26(15-13-25)21-7-6-20(23-24-21)22(29)27-10-8-19(9-11-27)16-18-4-2-1-3-5-18/h1-7,17,19H,8-16H2. The zero-order chi connectivity index (χ0) is 20.1. The number of rotatable bonds is 5. The third kappa shape index (κ3) is 4.72. The van der Waals surface area contributed by atoms with Gasteiger partial charge in [-0.15, -0.1) is 10.2 Å². The summed E-state index contributed by atoms with van der Waals surface area (Å²) in [6, 6.07) is 14.2. The van der Waals surface area contributed by atoms with Crippen LogP contribution in [0.1, 0.15) is 28.9 Å². The normalized spacial score (nSPS) is 18.0. The Labute approximate surface area is 171 Å². The lowest BCUT2D eigenvalue weighted by molar-refractivity contribution is -0.118. The third-order valence-electron chi connectivity index (χ3n) is 5.93. The Kier molecular flexibility index (Phi) is 6.03. The van der Waals surface area contributed by atoms with Crippen LogP contribution < -0.4 is 4.90 Å². The first kappa shape index (κ1) is 19.4. The van der Waals surface area contributed by atoms with E-state index in [1.54, 1.807) is 11.0 Å². The molecule has 2 aliphatic heterocycles. The fourth-order valence-electron chi connectivity index (χ4n) is 4.11. The molecule has 2 amide bonds. The summed E-state index contributed by atoms with van der Waals surface area (Å²) in [6.45, 7) is 4.37. The Morgan fingerprint density at radius 2 is 1.66 bits per heavy atom. The average Bonchev–Trinajstić information content (AvgIpc) is 2.80. The molecule has 1 aromatic heterocycles. The number of piperazine rings is 1. The number of aromatic nitrogens is 2. The molecular formula is C22H27N5O2. The first-order valence-electron chi connectivity index (χ1n) is 10.3. The van der Waals surface area contributed by atoms with E-state index in [9.17, 15) is 9.59 Å². The van der Waals surface area contributed by atoms with Crippen LogP contribution in [0, 0.1) is 5.92 Å². The second-order valence-electron chi connectivity index (χ2n) is 7.83. The fraction of sp³-hybridized carbons (Fsp3) is 0.455. The molecule has 3 heterocycles. The Morgan fingerprint density at radius 3 is 2.28 bits per heavy atom. The van der Waals surface area contributed by atoms with Crippen molar-refractivity contribution in [3.8, 4) is 0 Å². The number of carbonyl (C=O) groups is 2. The van der Waals surface area contributed by atoms with E-state index in [0.29, 0.717) is 24.7 Å². The maximum atomic E-state index is 12.8. The van der Waals surface area contributed by atoms with E-state index < -0.39 is 0 Å². The minimum absolute atomic E-state index is 0.0343. The van der Waals surface area contributed by atoms with E-state index >= 15 is 0 Å². The largest absolute Gasteiger partial charge is 0.352 e. The highest BCUT2D eigenvalue weighted by atomic mass is 16.2. The maximum Gasteiger partial charge on any atom is 0.274 e. The van der Waals surface area contributed by atoms with Gasteiger partial charge in [-0.1, -0.05) is 30.3 Å². The van der Waals surface area contributed by atoms with Crippen LogP contribution in [-0.4, -0.2) is 71.6 Å².